The lowest BCUT2D eigenvalue weighted by Crippen LogP contribution is -2.18. The second-order valence-electron chi connectivity index (χ2n) is 5.95. The standard InChI is InChI=1S/C17H26O4/c1-5-7-8-9-17(3,4)14-11-12(21-6-2)10-13(15(14)18)16(19)20/h10-11,18H,5-9H2,1-4H3,(H,19,20). The molecule has 1 rings (SSSR count). The van der Waals surface area contributed by atoms with Gasteiger partial charge in [-0.05, 0) is 30.9 Å². The molecule has 0 amide bonds. The van der Waals surface area contributed by atoms with E-state index in [2.05, 4.69) is 6.92 Å². The lowest BCUT2D eigenvalue weighted by Gasteiger charge is -2.27. The predicted octanol–water partition coefficient (Wildman–Crippen LogP) is 4.35. The zero-order valence-electron chi connectivity index (χ0n) is 13.4. The molecule has 0 saturated heterocycles. The largest absolute Gasteiger partial charge is 0.507 e. The molecule has 0 bridgehead atoms. The second-order valence-corrected chi connectivity index (χ2v) is 5.95. The van der Waals surface area contributed by atoms with Crippen LogP contribution in [0.15, 0.2) is 12.1 Å². The normalized spacial score (nSPS) is 11.4. The summed E-state index contributed by atoms with van der Waals surface area (Å²) >= 11 is 0. The van der Waals surface area contributed by atoms with Crippen LogP contribution >= 0.6 is 0 Å². The van der Waals surface area contributed by atoms with Crippen molar-refractivity contribution in [2.45, 2.75) is 58.8 Å². The van der Waals surface area contributed by atoms with E-state index in [0.29, 0.717) is 17.9 Å². The molecule has 21 heavy (non-hydrogen) atoms. The Morgan fingerprint density at radius 3 is 2.43 bits per heavy atom. The van der Waals surface area contributed by atoms with Crippen LogP contribution in [0.5, 0.6) is 11.5 Å². The molecule has 0 aromatic heterocycles. The zero-order valence-corrected chi connectivity index (χ0v) is 13.4. The summed E-state index contributed by atoms with van der Waals surface area (Å²) in [6, 6.07) is 3.14. The number of phenols is 1. The molecule has 0 aliphatic heterocycles. The summed E-state index contributed by atoms with van der Waals surface area (Å²) in [6.07, 6.45) is 4.19. The fraction of sp³-hybridized carbons (Fsp3) is 0.588. The summed E-state index contributed by atoms with van der Waals surface area (Å²) in [4.78, 5) is 11.3. The molecule has 0 fully saturated rings. The number of rotatable bonds is 8. The molecule has 0 radical (unpaired) electrons. The molecular formula is C17H26O4. The Morgan fingerprint density at radius 1 is 1.24 bits per heavy atom. The number of carboxylic acids is 1. The van der Waals surface area contributed by atoms with E-state index in [0.717, 1.165) is 25.7 Å². The lowest BCUT2D eigenvalue weighted by molar-refractivity contribution is 0.0692. The fourth-order valence-electron chi connectivity index (χ4n) is 2.49. The van der Waals surface area contributed by atoms with Crippen molar-refractivity contribution < 1.29 is 19.7 Å². The summed E-state index contributed by atoms with van der Waals surface area (Å²) in [5.41, 5.74) is 0.248. The molecule has 0 aliphatic carbocycles. The van der Waals surface area contributed by atoms with Crippen molar-refractivity contribution in [2.24, 2.45) is 0 Å². The van der Waals surface area contributed by atoms with Crippen LogP contribution in [0.4, 0.5) is 0 Å². The average Bonchev–Trinajstić information content (AvgIpc) is 2.40. The highest BCUT2D eigenvalue weighted by Crippen LogP contribution is 2.39. The van der Waals surface area contributed by atoms with Gasteiger partial charge in [0, 0.05) is 5.56 Å². The van der Waals surface area contributed by atoms with E-state index in [1.54, 1.807) is 6.07 Å². The van der Waals surface area contributed by atoms with Gasteiger partial charge in [-0.15, -0.1) is 0 Å². The van der Waals surface area contributed by atoms with Crippen LogP contribution in [0.25, 0.3) is 0 Å². The van der Waals surface area contributed by atoms with Gasteiger partial charge in [-0.1, -0.05) is 40.0 Å². The summed E-state index contributed by atoms with van der Waals surface area (Å²) in [7, 11) is 0. The first kappa shape index (κ1) is 17.3. The molecule has 0 aliphatic rings. The summed E-state index contributed by atoms with van der Waals surface area (Å²) in [5.74, 6) is -0.793. The quantitative estimate of drug-likeness (QED) is 0.700. The highest BCUT2D eigenvalue weighted by atomic mass is 16.5. The first-order valence-electron chi connectivity index (χ1n) is 7.57. The molecule has 0 atom stereocenters. The van der Waals surface area contributed by atoms with Gasteiger partial charge in [0.2, 0.25) is 0 Å². The van der Waals surface area contributed by atoms with Gasteiger partial charge in [-0.2, -0.15) is 0 Å². The maximum atomic E-state index is 11.3. The van der Waals surface area contributed by atoms with Gasteiger partial charge in [-0.3, -0.25) is 0 Å². The Balaban J connectivity index is 3.22. The minimum Gasteiger partial charge on any atom is -0.507 e. The molecule has 0 saturated carbocycles. The van der Waals surface area contributed by atoms with E-state index in [1.807, 2.05) is 20.8 Å². The predicted molar refractivity (Wildman–Crippen MR) is 83.4 cm³/mol. The molecule has 4 heteroatoms. The van der Waals surface area contributed by atoms with E-state index < -0.39 is 5.97 Å². The number of ether oxygens (including phenoxy) is 1. The zero-order chi connectivity index (χ0) is 16.0. The first-order valence-corrected chi connectivity index (χ1v) is 7.57. The summed E-state index contributed by atoms with van der Waals surface area (Å²) in [6.45, 7) is 8.50. The van der Waals surface area contributed by atoms with Crippen LogP contribution in [0, 0.1) is 0 Å². The van der Waals surface area contributed by atoms with E-state index >= 15 is 0 Å². The number of carboxylic acid groups (broad SMARTS) is 1. The van der Waals surface area contributed by atoms with Crippen molar-refractivity contribution in [3.63, 3.8) is 0 Å². The highest BCUT2D eigenvalue weighted by Gasteiger charge is 2.27. The van der Waals surface area contributed by atoms with Gasteiger partial charge in [0.1, 0.15) is 17.1 Å². The van der Waals surface area contributed by atoms with Crippen LogP contribution in [-0.4, -0.2) is 22.8 Å². The third-order valence-corrected chi connectivity index (χ3v) is 3.76. The number of aromatic carboxylic acids is 1. The van der Waals surface area contributed by atoms with Gasteiger partial charge >= 0.3 is 5.97 Å². The molecule has 4 nitrogen and oxygen atoms in total. The Morgan fingerprint density at radius 2 is 1.90 bits per heavy atom. The van der Waals surface area contributed by atoms with Gasteiger partial charge in [0.25, 0.3) is 0 Å². The fourth-order valence-corrected chi connectivity index (χ4v) is 2.49. The van der Waals surface area contributed by atoms with Crippen LogP contribution in [0.3, 0.4) is 0 Å². The Hall–Kier alpha value is -1.71. The molecule has 0 heterocycles. The van der Waals surface area contributed by atoms with Crippen molar-refractivity contribution in [3.8, 4) is 11.5 Å². The number of carbonyl (C=O) groups is 1. The number of benzene rings is 1. The topological polar surface area (TPSA) is 66.8 Å². The minimum atomic E-state index is -1.14. The maximum Gasteiger partial charge on any atom is 0.339 e. The molecule has 1 aromatic rings. The molecule has 0 spiro atoms. The van der Waals surface area contributed by atoms with Crippen LogP contribution < -0.4 is 4.74 Å². The molecular weight excluding hydrogens is 268 g/mol. The molecule has 0 unspecified atom stereocenters. The Labute approximate surface area is 126 Å². The van der Waals surface area contributed by atoms with E-state index in [4.69, 9.17) is 4.74 Å². The number of aromatic hydroxyl groups is 1. The van der Waals surface area contributed by atoms with E-state index in [-0.39, 0.29) is 16.7 Å². The van der Waals surface area contributed by atoms with Crippen molar-refractivity contribution in [2.75, 3.05) is 6.61 Å². The van der Waals surface area contributed by atoms with Crippen LogP contribution in [0.1, 0.15) is 69.3 Å². The minimum absolute atomic E-state index is 0.0977. The van der Waals surface area contributed by atoms with Gasteiger partial charge < -0.3 is 14.9 Å². The van der Waals surface area contributed by atoms with Crippen LogP contribution in [-0.2, 0) is 5.41 Å². The number of hydrogen-bond donors (Lipinski definition) is 2. The average molecular weight is 294 g/mol. The van der Waals surface area contributed by atoms with Crippen molar-refractivity contribution in [3.05, 3.63) is 23.3 Å². The van der Waals surface area contributed by atoms with Gasteiger partial charge in [-0.25, -0.2) is 4.79 Å². The van der Waals surface area contributed by atoms with Crippen molar-refractivity contribution >= 4 is 5.97 Å². The van der Waals surface area contributed by atoms with Gasteiger partial charge in [0.05, 0.1) is 6.61 Å². The molecule has 1 aromatic carbocycles. The SMILES string of the molecule is CCCCCC(C)(C)c1cc(OCC)cc(C(=O)O)c1O. The van der Waals surface area contributed by atoms with E-state index in [9.17, 15) is 15.0 Å². The molecule has 2 N–H and O–H groups in total. The Kier molecular flexibility index (Phi) is 6.06. The lowest BCUT2D eigenvalue weighted by atomic mass is 9.78. The van der Waals surface area contributed by atoms with Crippen LogP contribution in [0.2, 0.25) is 0 Å². The van der Waals surface area contributed by atoms with Crippen molar-refractivity contribution in [1.82, 2.24) is 0 Å². The second kappa shape index (κ2) is 7.34. The Bertz CT molecular complexity index is 492. The third kappa shape index (κ3) is 4.38. The summed E-state index contributed by atoms with van der Waals surface area (Å²) in [5, 5.41) is 19.6. The number of unbranched alkanes of at least 4 members (excludes halogenated alkanes) is 2. The van der Waals surface area contributed by atoms with Gasteiger partial charge in [0.15, 0.2) is 0 Å². The van der Waals surface area contributed by atoms with E-state index in [1.165, 1.54) is 6.07 Å². The third-order valence-electron chi connectivity index (χ3n) is 3.76. The maximum absolute atomic E-state index is 11.3. The highest BCUT2D eigenvalue weighted by molar-refractivity contribution is 5.92. The monoisotopic (exact) mass is 294 g/mol. The molecule has 118 valence electrons. The van der Waals surface area contributed by atoms with Crippen molar-refractivity contribution in [1.29, 1.82) is 0 Å². The summed E-state index contributed by atoms with van der Waals surface area (Å²) < 4.78 is 5.44. The first-order chi connectivity index (χ1) is 9.83. The number of hydrogen-bond acceptors (Lipinski definition) is 3. The smallest absolute Gasteiger partial charge is 0.339 e.